The molecule has 94 valence electrons. The second-order valence-electron chi connectivity index (χ2n) is 4.70. The normalized spacial score (nSPS) is 15.3. The zero-order chi connectivity index (χ0) is 12.7. The second kappa shape index (κ2) is 4.71. The number of halogens is 1. The molecule has 0 aliphatic carbocycles. The van der Waals surface area contributed by atoms with Crippen LogP contribution in [0, 0.1) is 13.8 Å². The Balaban J connectivity index is 1.97. The van der Waals surface area contributed by atoms with Gasteiger partial charge < -0.3 is 4.74 Å². The number of rotatable bonds is 2. The molecule has 0 N–H and O–H groups in total. The predicted molar refractivity (Wildman–Crippen MR) is 80.2 cm³/mol. The Bertz CT molecular complexity index is 588. The zero-order valence-electron chi connectivity index (χ0n) is 10.5. The molecular formula is C15H15BrOS. The summed E-state index contributed by atoms with van der Waals surface area (Å²) in [5, 5.41) is 0. The summed E-state index contributed by atoms with van der Waals surface area (Å²) in [5.74, 6) is 1.05. The molecule has 1 nitrogen and oxygen atoms in total. The Hall–Kier alpha value is -0.800. The summed E-state index contributed by atoms with van der Waals surface area (Å²) >= 11 is 5.70. The summed E-state index contributed by atoms with van der Waals surface area (Å²) < 4.78 is 5.55. The summed E-state index contributed by atoms with van der Waals surface area (Å²) in [5.41, 5.74) is 4.04. The molecule has 1 aliphatic rings. The van der Waals surface area contributed by atoms with Gasteiger partial charge in [0.25, 0.3) is 0 Å². The molecule has 3 heteroatoms. The Morgan fingerprint density at radius 3 is 2.83 bits per heavy atom. The van der Waals surface area contributed by atoms with Crippen molar-refractivity contribution in [2.45, 2.75) is 25.1 Å². The standard InChI is InChI=1S/C15H15BrOS/c1-9-7-13(10(2)18-9)15(16)12-3-4-14-11(8-12)5-6-17-14/h3-4,7-8,15H,5-6H2,1-2H3. The van der Waals surface area contributed by atoms with Gasteiger partial charge in [-0.2, -0.15) is 0 Å². The minimum Gasteiger partial charge on any atom is -0.493 e. The lowest BCUT2D eigenvalue weighted by Gasteiger charge is -2.11. The van der Waals surface area contributed by atoms with Crippen molar-refractivity contribution in [3.63, 3.8) is 0 Å². The van der Waals surface area contributed by atoms with Crippen molar-refractivity contribution in [3.05, 3.63) is 50.7 Å². The summed E-state index contributed by atoms with van der Waals surface area (Å²) in [4.78, 5) is 3.05. The van der Waals surface area contributed by atoms with Crippen molar-refractivity contribution in [2.24, 2.45) is 0 Å². The average molecular weight is 323 g/mol. The number of benzene rings is 1. The lowest BCUT2D eigenvalue weighted by Crippen LogP contribution is -1.93. The lowest BCUT2D eigenvalue weighted by molar-refractivity contribution is 0.357. The molecule has 0 amide bonds. The quantitative estimate of drug-likeness (QED) is 0.723. The molecule has 1 aromatic heterocycles. The topological polar surface area (TPSA) is 9.23 Å². The molecule has 18 heavy (non-hydrogen) atoms. The van der Waals surface area contributed by atoms with Crippen LogP contribution in [0.25, 0.3) is 0 Å². The van der Waals surface area contributed by atoms with Crippen molar-refractivity contribution in [2.75, 3.05) is 6.61 Å². The average Bonchev–Trinajstić information content (AvgIpc) is 2.93. The van der Waals surface area contributed by atoms with Gasteiger partial charge in [-0.25, -0.2) is 0 Å². The molecule has 0 radical (unpaired) electrons. The minimum absolute atomic E-state index is 0.286. The van der Waals surface area contributed by atoms with Gasteiger partial charge in [0.15, 0.2) is 0 Å². The molecule has 1 aromatic carbocycles. The number of hydrogen-bond donors (Lipinski definition) is 0. The Kier molecular flexibility index (Phi) is 3.20. The predicted octanol–water partition coefficient (Wildman–Crippen LogP) is 4.78. The number of hydrogen-bond acceptors (Lipinski definition) is 2. The molecular weight excluding hydrogens is 308 g/mol. The van der Waals surface area contributed by atoms with Gasteiger partial charge in [0, 0.05) is 16.2 Å². The number of ether oxygens (including phenoxy) is 1. The van der Waals surface area contributed by atoms with Crippen LogP contribution in [0.15, 0.2) is 24.3 Å². The molecule has 1 aliphatic heterocycles. The number of fused-ring (bicyclic) bond motifs is 1. The van der Waals surface area contributed by atoms with Crippen molar-refractivity contribution < 1.29 is 4.74 Å². The number of alkyl halides is 1. The van der Waals surface area contributed by atoms with Crippen LogP contribution in [0.1, 0.15) is 31.3 Å². The Morgan fingerprint density at radius 1 is 1.28 bits per heavy atom. The minimum atomic E-state index is 0.286. The maximum atomic E-state index is 5.55. The van der Waals surface area contributed by atoms with E-state index in [1.54, 1.807) is 0 Å². The van der Waals surface area contributed by atoms with Crippen LogP contribution >= 0.6 is 27.3 Å². The smallest absolute Gasteiger partial charge is 0.122 e. The van der Waals surface area contributed by atoms with Gasteiger partial charge in [0.05, 0.1) is 11.4 Å². The fourth-order valence-electron chi connectivity index (χ4n) is 2.45. The van der Waals surface area contributed by atoms with E-state index in [1.165, 1.54) is 26.4 Å². The third-order valence-electron chi connectivity index (χ3n) is 3.36. The Morgan fingerprint density at radius 2 is 2.11 bits per heavy atom. The molecule has 0 bridgehead atoms. The van der Waals surface area contributed by atoms with E-state index in [1.807, 2.05) is 11.3 Å². The van der Waals surface area contributed by atoms with E-state index in [9.17, 15) is 0 Å². The van der Waals surface area contributed by atoms with Gasteiger partial charge in [-0.1, -0.05) is 28.1 Å². The van der Waals surface area contributed by atoms with Crippen LogP contribution in [-0.2, 0) is 6.42 Å². The van der Waals surface area contributed by atoms with Gasteiger partial charge in [0.1, 0.15) is 5.75 Å². The molecule has 1 unspecified atom stereocenters. The van der Waals surface area contributed by atoms with Crippen LogP contribution in [0.3, 0.4) is 0 Å². The summed E-state index contributed by atoms with van der Waals surface area (Å²) in [6.45, 7) is 5.18. The molecule has 3 rings (SSSR count). The molecule has 2 aromatic rings. The first-order valence-corrected chi connectivity index (χ1v) is 7.85. The first kappa shape index (κ1) is 12.2. The van der Waals surface area contributed by atoms with Crippen LogP contribution in [0.2, 0.25) is 0 Å². The van der Waals surface area contributed by atoms with Crippen molar-refractivity contribution >= 4 is 27.3 Å². The molecule has 0 saturated carbocycles. The van der Waals surface area contributed by atoms with Crippen LogP contribution in [0.4, 0.5) is 0 Å². The van der Waals surface area contributed by atoms with Crippen LogP contribution < -0.4 is 4.74 Å². The lowest BCUT2D eigenvalue weighted by atomic mass is 10.0. The van der Waals surface area contributed by atoms with Gasteiger partial charge in [-0.3, -0.25) is 0 Å². The van der Waals surface area contributed by atoms with Gasteiger partial charge in [-0.15, -0.1) is 11.3 Å². The SMILES string of the molecule is Cc1cc(C(Br)c2ccc3c(c2)CCO3)c(C)s1. The summed E-state index contributed by atoms with van der Waals surface area (Å²) in [6.07, 6.45) is 1.03. The van der Waals surface area contributed by atoms with Crippen molar-refractivity contribution in [1.29, 1.82) is 0 Å². The first-order valence-electron chi connectivity index (χ1n) is 6.12. The highest BCUT2D eigenvalue weighted by Gasteiger charge is 2.18. The maximum Gasteiger partial charge on any atom is 0.122 e. The molecule has 0 fully saturated rings. The van der Waals surface area contributed by atoms with E-state index in [0.717, 1.165) is 18.8 Å². The second-order valence-corrected chi connectivity index (χ2v) is 7.07. The van der Waals surface area contributed by atoms with E-state index < -0.39 is 0 Å². The molecule has 1 atom stereocenters. The van der Waals surface area contributed by atoms with Gasteiger partial charge in [-0.05, 0) is 42.7 Å². The fourth-order valence-corrected chi connectivity index (χ4v) is 4.32. The largest absolute Gasteiger partial charge is 0.493 e. The highest BCUT2D eigenvalue weighted by Crippen LogP contribution is 2.38. The maximum absolute atomic E-state index is 5.55. The van der Waals surface area contributed by atoms with E-state index in [4.69, 9.17) is 4.74 Å². The van der Waals surface area contributed by atoms with Crippen molar-refractivity contribution in [3.8, 4) is 5.75 Å². The van der Waals surface area contributed by atoms with Crippen molar-refractivity contribution in [1.82, 2.24) is 0 Å². The van der Waals surface area contributed by atoms with E-state index >= 15 is 0 Å². The van der Waals surface area contributed by atoms with E-state index in [0.29, 0.717) is 0 Å². The highest BCUT2D eigenvalue weighted by molar-refractivity contribution is 9.09. The third-order valence-corrected chi connectivity index (χ3v) is 5.36. The number of thiophene rings is 1. The molecule has 0 spiro atoms. The van der Waals surface area contributed by atoms with Crippen LogP contribution in [-0.4, -0.2) is 6.61 Å². The molecule has 0 saturated heterocycles. The highest BCUT2D eigenvalue weighted by atomic mass is 79.9. The summed E-state index contributed by atoms with van der Waals surface area (Å²) in [6, 6.07) is 8.81. The number of aryl methyl sites for hydroxylation is 2. The van der Waals surface area contributed by atoms with Crippen LogP contribution in [0.5, 0.6) is 5.75 Å². The fraction of sp³-hybridized carbons (Fsp3) is 0.333. The monoisotopic (exact) mass is 322 g/mol. The van der Waals surface area contributed by atoms with Gasteiger partial charge >= 0.3 is 0 Å². The zero-order valence-corrected chi connectivity index (χ0v) is 12.9. The van der Waals surface area contributed by atoms with Gasteiger partial charge in [0.2, 0.25) is 0 Å². The van der Waals surface area contributed by atoms with E-state index in [-0.39, 0.29) is 4.83 Å². The van der Waals surface area contributed by atoms with E-state index in [2.05, 4.69) is 54.0 Å². The Labute approximate surface area is 120 Å². The third kappa shape index (κ3) is 2.10. The molecule has 2 heterocycles. The summed E-state index contributed by atoms with van der Waals surface area (Å²) in [7, 11) is 0. The first-order chi connectivity index (χ1) is 8.65.